The van der Waals surface area contributed by atoms with Crippen molar-refractivity contribution in [3.05, 3.63) is 48.3 Å². The van der Waals surface area contributed by atoms with Crippen LogP contribution in [0.2, 0.25) is 0 Å². The van der Waals surface area contributed by atoms with Crippen LogP contribution >= 0.6 is 0 Å². The van der Waals surface area contributed by atoms with Crippen molar-refractivity contribution in [1.82, 2.24) is 15.0 Å². The third kappa shape index (κ3) is 1.37. The van der Waals surface area contributed by atoms with Gasteiger partial charge in [0.15, 0.2) is 0 Å². The van der Waals surface area contributed by atoms with Gasteiger partial charge in [-0.05, 0) is 30.7 Å². The van der Waals surface area contributed by atoms with E-state index in [0.29, 0.717) is 0 Å². The third-order valence-corrected chi connectivity index (χ3v) is 2.59. The summed E-state index contributed by atoms with van der Waals surface area (Å²) in [6.07, 6.45) is 4.86. The molecule has 1 aromatic carbocycles. The van der Waals surface area contributed by atoms with Gasteiger partial charge in [0.2, 0.25) is 0 Å². The molecule has 0 amide bonds. The number of hydrogen-bond acceptors (Lipinski definition) is 2. The number of rotatable bonds is 1. The first-order valence-electron chi connectivity index (χ1n) is 5.13. The third-order valence-electron chi connectivity index (χ3n) is 2.59. The largest absolute Gasteiger partial charge is 0.360 e. The maximum absolute atomic E-state index is 4.53. The highest BCUT2D eigenvalue weighted by Gasteiger charge is 2.06. The van der Waals surface area contributed by atoms with E-state index in [2.05, 4.69) is 21.1 Å². The average molecular weight is 208 g/mol. The number of fused-ring (bicyclic) bond motifs is 1. The lowest BCUT2D eigenvalue weighted by Gasteiger charge is -2.00. The van der Waals surface area contributed by atoms with Crippen LogP contribution in [0.3, 0.4) is 0 Å². The second kappa shape index (κ2) is 3.45. The molecule has 0 aliphatic heterocycles. The summed E-state index contributed by atoms with van der Waals surface area (Å²) in [5, 5.41) is 0. The average Bonchev–Trinajstić information content (AvgIpc) is 2.75. The Hall–Kier alpha value is -2.16. The van der Waals surface area contributed by atoms with Gasteiger partial charge in [-0.1, -0.05) is 12.1 Å². The molecule has 3 heteroatoms. The fourth-order valence-electron chi connectivity index (χ4n) is 1.73. The van der Waals surface area contributed by atoms with Gasteiger partial charge < -0.3 is 4.98 Å². The smallest absolute Gasteiger partial charge is 0.120 e. The van der Waals surface area contributed by atoms with Crippen LogP contribution < -0.4 is 0 Å². The molecule has 3 aromatic rings. The molecule has 0 spiro atoms. The minimum absolute atomic E-state index is 0.765. The van der Waals surface area contributed by atoms with Gasteiger partial charge in [-0.2, -0.15) is 0 Å². The van der Waals surface area contributed by atoms with Gasteiger partial charge in [0.25, 0.3) is 0 Å². The van der Waals surface area contributed by atoms with E-state index in [4.69, 9.17) is 0 Å². The van der Waals surface area contributed by atoms with Crippen LogP contribution in [0.5, 0.6) is 0 Å². The summed E-state index contributed by atoms with van der Waals surface area (Å²) >= 11 is 0. The van der Waals surface area contributed by atoms with Crippen molar-refractivity contribution in [2.24, 2.45) is 0 Å². The van der Waals surface area contributed by atoms with Crippen molar-refractivity contribution in [1.29, 1.82) is 0 Å². The molecule has 0 aliphatic carbocycles. The molecule has 0 saturated carbocycles. The molecule has 3 rings (SSSR count). The number of aryl methyl sites for hydroxylation is 1. The van der Waals surface area contributed by atoms with E-state index in [0.717, 1.165) is 28.0 Å². The summed E-state index contributed by atoms with van der Waals surface area (Å²) in [4.78, 5) is 12.0. The number of nitrogens with zero attached hydrogens (tertiary/aromatic N) is 2. The van der Waals surface area contributed by atoms with E-state index in [1.807, 2.05) is 43.5 Å². The summed E-state index contributed by atoms with van der Waals surface area (Å²) in [7, 11) is 0. The lowest BCUT2D eigenvalue weighted by molar-refractivity contribution is 1.24. The zero-order valence-electron chi connectivity index (χ0n) is 8.86. The van der Waals surface area contributed by atoms with Gasteiger partial charge in [0.05, 0.1) is 16.7 Å². The van der Waals surface area contributed by atoms with Gasteiger partial charge in [0.1, 0.15) is 11.9 Å². The van der Waals surface area contributed by atoms with Crippen LogP contribution in [0.25, 0.3) is 22.4 Å². The molecule has 1 radical (unpaired) electrons. The van der Waals surface area contributed by atoms with Crippen molar-refractivity contribution in [3.8, 4) is 11.4 Å². The van der Waals surface area contributed by atoms with Gasteiger partial charge in [-0.15, -0.1) is 0 Å². The molecule has 3 nitrogen and oxygen atoms in total. The number of aromatic amines is 1. The van der Waals surface area contributed by atoms with Crippen LogP contribution in [0.15, 0.2) is 36.5 Å². The predicted octanol–water partition coefficient (Wildman–Crippen LogP) is 2.73. The van der Waals surface area contributed by atoms with Crippen molar-refractivity contribution in [2.45, 2.75) is 6.92 Å². The summed E-state index contributed by atoms with van der Waals surface area (Å²) in [5.74, 6) is 0. The number of nitrogens with one attached hydrogen (secondary N) is 1. The summed E-state index contributed by atoms with van der Waals surface area (Å²) in [5.41, 5.74) is 4.67. The molecular formula is C13H10N3. The van der Waals surface area contributed by atoms with E-state index < -0.39 is 0 Å². The summed E-state index contributed by atoms with van der Waals surface area (Å²) in [6.45, 7) is 2.04. The van der Waals surface area contributed by atoms with Crippen molar-refractivity contribution >= 4 is 11.0 Å². The number of hydrogen-bond donors (Lipinski definition) is 1. The first-order valence-corrected chi connectivity index (χ1v) is 5.13. The van der Waals surface area contributed by atoms with E-state index in [-0.39, 0.29) is 0 Å². The van der Waals surface area contributed by atoms with Crippen LogP contribution in [-0.4, -0.2) is 15.0 Å². The predicted molar refractivity (Wildman–Crippen MR) is 62.9 cm³/mol. The Morgan fingerprint density at radius 2 is 1.94 bits per heavy atom. The fourth-order valence-corrected chi connectivity index (χ4v) is 1.73. The molecule has 2 aromatic heterocycles. The number of H-pyrrole nitrogens is 1. The van der Waals surface area contributed by atoms with Crippen molar-refractivity contribution in [3.63, 3.8) is 0 Å². The molecule has 2 heterocycles. The minimum Gasteiger partial charge on any atom is -0.360 e. The van der Waals surface area contributed by atoms with Gasteiger partial charge in [-0.25, -0.2) is 9.97 Å². The molecule has 0 aliphatic rings. The Kier molecular flexibility index (Phi) is 1.96. The SMILES string of the molecule is Cc1cc[nH]c1-c1[c]nc2ccccc2n1. The maximum atomic E-state index is 4.53. The summed E-state index contributed by atoms with van der Waals surface area (Å²) < 4.78 is 0. The monoisotopic (exact) mass is 208 g/mol. The normalized spacial score (nSPS) is 10.8. The van der Waals surface area contributed by atoms with Crippen LogP contribution in [0, 0.1) is 13.1 Å². The topological polar surface area (TPSA) is 41.6 Å². The first kappa shape index (κ1) is 9.09. The molecule has 0 unspecified atom stereocenters. The zero-order valence-corrected chi connectivity index (χ0v) is 8.86. The first-order chi connectivity index (χ1) is 7.84. The lowest BCUT2D eigenvalue weighted by atomic mass is 10.2. The zero-order chi connectivity index (χ0) is 11.0. The lowest BCUT2D eigenvalue weighted by Crippen LogP contribution is -1.90. The second-order valence-corrected chi connectivity index (χ2v) is 3.71. The molecule has 0 saturated heterocycles. The highest BCUT2D eigenvalue weighted by molar-refractivity contribution is 5.76. The van der Waals surface area contributed by atoms with Crippen LogP contribution in [0.4, 0.5) is 0 Å². The van der Waals surface area contributed by atoms with E-state index in [9.17, 15) is 0 Å². The second-order valence-electron chi connectivity index (χ2n) is 3.71. The van der Waals surface area contributed by atoms with E-state index in [1.54, 1.807) is 0 Å². The highest BCUT2D eigenvalue weighted by Crippen LogP contribution is 2.20. The van der Waals surface area contributed by atoms with Gasteiger partial charge in [-0.3, -0.25) is 0 Å². The Morgan fingerprint density at radius 3 is 2.69 bits per heavy atom. The molecule has 77 valence electrons. The molecule has 0 fully saturated rings. The number of aromatic nitrogens is 3. The van der Waals surface area contributed by atoms with E-state index >= 15 is 0 Å². The molecule has 0 atom stereocenters. The highest BCUT2D eigenvalue weighted by atomic mass is 14.8. The van der Waals surface area contributed by atoms with Gasteiger partial charge >= 0.3 is 0 Å². The van der Waals surface area contributed by atoms with Crippen molar-refractivity contribution in [2.75, 3.05) is 0 Å². The Balaban J connectivity index is 2.23. The Labute approximate surface area is 93.2 Å². The molecule has 0 bridgehead atoms. The number of benzene rings is 1. The maximum Gasteiger partial charge on any atom is 0.120 e. The standard InChI is InChI=1S/C13H10N3/c1-9-6-7-14-13(9)12-8-15-10-4-2-3-5-11(10)16-12/h2-7,14H,1H3. The number of para-hydroxylation sites is 2. The van der Waals surface area contributed by atoms with Crippen LogP contribution in [0.1, 0.15) is 5.56 Å². The quantitative estimate of drug-likeness (QED) is 0.668. The fraction of sp³-hybridized carbons (Fsp3) is 0.0769. The minimum atomic E-state index is 0.765. The Morgan fingerprint density at radius 1 is 1.12 bits per heavy atom. The van der Waals surface area contributed by atoms with Crippen LogP contribution in [-0.2, 0) is 0 Å². The van der Waals surface area contributed by atoms with Crippen molar-refractivity contribution < 1.29 is 0 Å². The summed E-state index contributed by atoms with van der Waals surface area (Å²) in [6, 6.07) is 9.81. The van der Waals surface area contributed by atoms with Gasteiger partial charge in [0, 0.05) is 6.20 Å². The van der Waals surface area contributed by atoms with E-state index in [1.165, 1.54) is 0 Å². The molecule has 16 heavy (non-hydrogen) atoms. The molecule has 1 N–H and O–H groups in total. The molecular weight excluding hydrogens is 198 g/mol. The Bertz CT molecular complexity index is 640.